The van der Waals surface area contributed by atoms with Crippen LogP contribution in [0.3, 0.4) is 0 Å². The maximum atomic E-state index is 9.49. The van der Waals surface area contributed by atoms with Crippen LogP contribution in [0.15, 0.2) is 18.2 Å². The van der Waals surface area contributed by atoms with Crippen LogP contribution in [0.4, 0.5) is 0 Å². The highest BCUT2D eigenvalue weighted by molar-refractivity contribution is 5.43. The molecule has 0 amide bonds. The number of benzene rings is 1. The van der Waals surface area contributed by atoms with E-state index in [-0.39, 0.29) is 18.8 Å². The lowest BCUT2D eigenvalue weighted by molar-refractivity contribution is -0.135. The smallest absolute Gasteiger partial charge is 0.122 e. The summed E-state index contributed by atoms with van der Waals surface area (Å²) in [4.78, 5) is 2.50. The van der Waals surface area contributed by atoms with Crippen LogP contribution in [0.2, 0.25) is 0 Å². The van der Waals surface area contributed by atoms with Gasteiger partial charge >= 0.3 is 0 Å². The number of nitrogens with zero attached hydrogens (tertiary/aromatic N) is 1. The van der Waals surface area contributed by atoms with Crippen LogP contribution in [0.25, 0.3) is 0 Å². The van der Waals surface area contributed by atoms with Crippen molar-refractivity contribution in [1.29, 1.82) is 0 Å². The van der Waals surface area contributed by atoms with Gasteiger partial charge in [-0.3, -0.25) is 4.90 Å². The van der Waals surface area contributed by atoms with Gasteiger partial charge in [-0.2, -0.15) is 0 Å². The Balaban J connectivity index is 1.88. The van der Waals surface area contributed by atoms with E-state index in [4.69, 9.17) is 9.47 Å². The van der Waals surface area contributed by atoms with E-state index in [0.29, 0.717) is 6.04 Å². The van der Waals surface area contributed by atoms with E-state index in [1.54, 1.807) is 7.11 Å². The molecule has 2 unspecified atom stereocenters. The molecular weight excluding hydrogens is 266 g/mol. The molecule has 0 aromatic heterocycles. The molecule has 2 aliphatic rings. The summed E-state index contributed by atoms with van der Waals surface area (Å²) >= 11 is 0. The van der Waals surface area contributed by atoms with E-state index in [0.717, 1.165) is 38.1 Å². The third-order valence-electron chi connectivity index (χ3n) is 4.70. The number of methoxy groups -OCH3 is 1. The minimum atomic E-state index is -0.0611. The van der Waals surface area contributed by atoms with Gasteiger partial charge in [0.1, 0.15) is 5.75 Å². The Morgan fingerprint density at radius 3 is 2.95 bits per heavy atom. The van der Waals surface area contributed by atoms with E-state index in [2.05, 4.69) is 24.0 Å². The maximum absolute atomic E-state index is 9.49. The van der Waals surface area contributed by atoms with E-state index in [1.165, 1.54) is 11.1 Å². The fourth-order valence-corrected chi connectivity index (χ4v) is 3.75. The second-order valence-corrected chi connectivity index (χ2v) is 6.05. The minimum absolute atomic E-state index is 0.0611. The van der Waals surface area contributed by atoms with Crippen molar-refractivity contribution in [2.24, 2.45) is 0 Å². The Hall–Kier alpha value is -1.10. The summed E-state index contributed by atoms with van der Waals surface area (Å²) < 4.78 is 11.6. The van der Waals surface area contributed by atoms with Crippen molar-refractivity contribution in [2.45, 2.75) is 44.4 Å². The Kier molecular flexibility index (Phi) is 4.48. The zero-order valence-corrected chi connectivity index (χ0v) is 12.9. The highest BCUT2D eigenvalue weighted by Crippen LogP contribution is 2.35. The molecule has 21 heavy (non-hydrogen) atoms. The van der Waals surface area contributed by atoms with Gasteiger partial charge in [0.15, 0.2) is 0 Å². The first-order chi connectivity index (χ1) is 10.3. The van der Waals surface area contributed by atoms with Gasteiger partial charge in [-0.15, -0.1) is 0 Å². The third-order valence-corrected chi connectivity index (χ3v) is 4.70. The van der Waals surface area contributed by atoms with Crippen molar-refractivity contribution in [3.8, 4) is 5.75 Å². The predicted molar refractivity (Wildman–Crippen MR) is 81.8 cm³/mol. The highest BCUT2D eigenvalue weighted by atomic mass is 16.5. The van der Waals surface area contributed by atoms with Crippen molar-refractivity contribution < 1.29 is 14.6 Å². The summed E-state index contributed by atoms with van der Waals surface area (Å²) in [6.45, 7) is 4.21. The standard InChI is InChI=1S/C17H25NO3/c1-3-7-18-10-13(11-19)21-17-9-14-12(8-15(17)18)5-4-6-16(14)20-2/h4-6,13,15,17,19H,3,7-11H2,1-2H3/t13?,15?,17-/m1/s1. The van der Waals surface area contributed by atoms with Crippen LogP contribution in [-0.4, -0.2) is 55.1 Å². The molecule has 3 rings (SSSR count). The number of fused-ring (bicyclic) bond motifs is 2. The number of rotatable bonds is 4. The minimum Gasteiger partial charge on any atom is -0.496 e. The molecule has 0 bridgehead atoms. The number of morpholine rings is 1. The van der Waals surface area contributed by atoms with Crippen molar-refractivity contribution in [1.82, 2.24) is 4.90 Å². The molecule has 1 aromatic rings. The van der Waals surface area contributed by atoms with Gasteiger partial charge in [-0.25, -0.2) is 0 Å². The monoisotopic (exact) mass is 291 g/mol. The van der Waals surface area contributed by atoms with Crippen LogP contribution in [-0.2, 0) is 17.6 Å². The number of aliphatic hydroxyl groups is 1. The number of hydrogen-bond donors (Lipinski definition) is 1. The summed E-state index contributed by atoms with van der Waals surface area (Å²) in [5.74, 6) is 0.961. The summed E-state index contributed by atoms with van der Waals surface area (Å²) in [7, 11) is 1.73. The van der Waals surface area contributed by atoms with Gasteiger partial charge < -0.3 is 14.6 Å². The first-order valence-corrected chi connectivity index (χ1v) is 7.92. The first kappa shape index (κ1) is 14.8. The molecule has 0 spiro atoms. The predicted octanol–water partition coefficient (Wildman–Crippen LogP) is 1.63. The van der Waals surface area contributed by atoms with Crippen LogP contribution in [0.1, 0.15) is 24.5 Å². The molecule has 1 aliphatic heterocycles. The molecule has 1 heterocycles. The van der Waals surface area contributed by atoms with Gasteiger partial charge in [0.25, 0.3) is 0 Å². The summed E-state index contributed by atoms with van der Waals surface area (Å²) in [5, 5.41) is 9.49. The molecule has 0 radical (unpaired) electrons. The molecular formula is C17H25NO3. The topological polar surface area (TPSA) is 41.9 Å². The second-order valence-electron chi connectivity index (χ2n) is 6.05. The fourth-order valence-electron chi connectivity index (χ4n) is 3.75. The fraction of sp³-hybridized carbons (Fsp3) is 0.647. The Labute approximate surface area is 126 Å². The molecule has 1 saturated heterocycles. The SMILES string of the molecule is CCCN1CC(CO)O[C@@H]2Cc3c(cccc3OC)CC21. The molecule has 4 heteroatoms. The van der Waals surface area contributed by atoms with Crippen molar-refractivity contribution in [3.05, 3.63) is 29.3 Å². The van der Waals surface area contributed by atoms with E-state index in [9.17, 15) is 5.11 Å². The highest BCUT2D eigenvalue weighted by Gasteiger charge is 2.40. The first-order valence-electron chi connectivity index (χ1n) is 7.92. The molecule has 1 N–H and O–H groups in total. The number of hydrogen-bond acceptors (Lipinski definition) is 4. The molecule has 4 nitrogen and oxygen atoms in total. The van der Waals surface area contributed by atoms with Gasteiger partial charge in [-0.05, 0) is 36.6 Å². The molecule has 116 valence electrons. The average Bonchev–Trinajstić information content (AvgIpc) is 2.52. The Morgan fingerprint density at radius 1 is 1.38 bits per heavy atom. The molecule has 1 aliphatic carbocycles. The van der Waals surface area contributed by atoms with Crippen molar-refractivity contribution >= 4 is 0 Å². The normalized spacial score (nSPS) is 28.8. The molecule has 1 aromatic carbocycles. The van der Waals surface area contributed by atoms with E-state index >= 15 is 0 Å². The van der Waals surface area contributed by atoms with Gasteiger partial charge in [0.05, 0.1) is 25.9 Å². The molecule has 0 saturated carbocycles. The van der Waals surface area contributed by atoms with Crippen molar-refractivity contribution in [3.63, 3.8) is 0 Å². The Bertz CT molecular complexity index is 491. The largest absolute Gasteiger partial charge is 0.496 e. The summed E-state index contributed by atoms with van der Waals surface area (Å²) in [6, 6.07) is 6.72. The lowest BCUT2D eigenvalue weighted by Crippen LogP contribution is -2.58. The van der Waals surface area contributed by atoms with Crippen LogP contribution >= 0.6 is 0 Å². The molecule has 1 fully saturated rings. The lowest BCUT2D eigenvalue weighted by atomic mass is 9.83. The van der Waals surface area contributed by atoms with Crippen LogP contribution in [0, 0.1) is 0 Å². The van der Waals surface area contributed by atoms with E-state index < -0.39 is 0 Å². The van der Waals surface area contributed by atoms with Gasteiger partial charge in [0, 0.05) is 19.0 Å². The van der Waals surface area contributed by atoms with Gasteiger partial charge in [0.2, 0.25) is 0 Å². The molecule has 3 atom stereocenters. The Morgan fingerprint density at radius 2 is 2.24 bits per heavy atom. The van der Waals surface area contributed by atoms with Gasteiger partial charge in [-0.1, -0.05) is 19.1 Å². The summed E-state index contributed by atoms with van der Waals surface area (Å²) in [6.07, 6.45) is 3.11. The van der Waals surface area contributed by atoms with E-state index in [1.807, 2.05) is 6.07 Å². The zero-order chi connectivity index (χ0) is 14.8. The quantitative estimate of drug-likeness (QED) is 0.915. The third kappa shape index (κ3) is 2.80. The second kappa shape index (κ2) is 6.34. The zero-order valence-electron chi connectivity index (χ0n) is 12.9. The number of aliphatic hydroxyl groups excluding tert-OH is 1. The maximum Gasteiger partial charge on any atom is 0.122 e. The number of ether oxygens (including phenoxy) is 2. The van der Waals surface area contributed by atoms with Crippen LogP contribution in [0.5, 0.6) is 5.75 Å². The van der Waals surface area contributed by atoms with Crippen molar-refractivity contribution in [2.75, 3.05) is 26.8 Å². The van der Waals surface area contributed by atoms with Crippen LogP contribution < -0.4 is 4.74 Å². The lowest BCUT2D eigenvalue weighted by Gasteiger charge is -2.47. The average molecular weight is 291 g/mol. The summed E-state index contributed by atoms with van der Waals surface area (Å²) in [5.41, 5.74) is 2.65.